The quantitative estimate of drug-likeness (QED) is 0.275. The lowest BCUT2D eigenvalue weighted by atomic mass is 10.2. The van der Waals surface area contributed by atoms with Crippen LogP contribution in [0.3, 0.4) is 0 Å². The fraction of sp³-hybridized carbons (Fsp3) is 0.121. The number of hydrogen-bond acceptors (Lipinski definition) is 4. The van der Waals surface area contributed by atoms with Gasteiger partial charge in [-0.3, -0.25) is 0 Å². The van der Waals surface area contributed by atoms with E-state index >= 15 is 0 Å². The van der Waals surface area contributed by atoms with Crippen molar-refractivity contribution in [2.75, 3.05) is 31.2 Å². The summed E-state index contributed by atoms with van der Waals surface area (Å²) in [6, 6.07) is 42.7. The van der Waals surface area contributed by atoms with Crippen molar-refractivity contribution < 1.29 is 9.15 Å². The molecule has 0 aliphatic carbocycles. The van der Waals surface area contributed by atoms with Crippen molar-refractivity contribution in [2.24, 2.45) is 0 Å². The molecule has 1 aromatic heterocycles. The van der Waals surface area contributed by atoms with Crippen molar-refractivity contribution in [3.05, 3.63) is 133 Å². The molecule has 1 fully saturated rings. The second kappa shape index (κ2) is 11.2. The molecule has 5 heteroatoms. The number of rotatable bonds is 7. The van der Waals surface area contributed by atoms with Crippen LogP contribution >= 0.6 is 7.26 Å². The molecule has 0 unspecified atom stereocenters. The van der Waals surface area contributed by atoms with Crippen LogP contribution in [0.5, 0.6) is 0 Å². The molecule has 4 aromatic carbocycles. The number of hydrogen-bond donors (Lipinski definition) is 0. The maximum Gasteiger partial charge on any atom is 0.262 e. The summed E-state index contributed by atoms with van der Waals surface area (Å²) in [4.78, 5) is 7.62. The van der Waals surface area contributed by atoms with Gasteiger partial charge in [-0.15, -0.1) is 0 Å². The summed E-state index contributed by atoms with van der Waals surface area (Å²) in [5.74, 6) is 1.45. The van der Waals surface area contributed by atoms with Crippen LogP contribution in [-0.4, -0.2) is 31.3 Å². The zero-order chi connectivity index (χ0) is 25.6. The first-order valence-corrected chi connectivity index (χ1v) is 14.8. The summed E-state index contributed by atoms with van der Waals surface area (Å²) < 4.78 is 12.4. The van der Waals surface area contributed by atoms with Crippen LogP contribution in [0.4, 0.5) is 5.88 Å². The molecule has 0 spiro atoms. The van der Waals surface area contributed by atoms with Gasteiger partial charge in [-0.05, 0) is 48.0 Å². The Labute approximate surface area is 224 Å². The van der Waals surface area contributed by atoms with E-state index in [0.29, 0.717) is 19.1 Å². The van der Waals surface area contributed by atoms with E-state index in [1.54, 1.807) is 0 Å². The third-order valence-corrected chi connectivity index (χ3v) is 11.0. The predicted molar refractivity (Wildman–Crippen MR) is 160 cm³/mol. The van der Waals surface area contributed by atoms with Crippen molar-refractivity contribution in [2.45, 2.75) is 0 Å². The lowest BCUT2D eigenvalue weighted by molar-refractivity contribution is 0.121. The Balaban J connectivity index is 1.63. The molecule has 0 radical (unpaired) electrons. The highest BCUT2D eigenvalue weighted by Gasteiger charge is 2.53. The van der Waals surface area contributed by atoms with Gasteiger partial charge in [0.15, 0.2) is 7.26 Å². The van der Waals surface area contributed by atoms with Crippen LogP contribution in [-0.2, 0) is 4.74 Å². The third kappa shape index (κ3) is 4.69. The minimum atomic E-state index is -2.41. The van der Waals surface area contributed by atoms with Gasteiger partial charge < -0.3 is 14.1 Å². The first-order chi connectivity index (χ1) is 18.9. The molecule has 0 saturated carbocycles. The van der Waals surface area contributed by atoms with E-state index in [2.05, 4.69) is 114 Å². The van der Waals surface area contributed by atoms with Gasteiger partial charge in [0, 0.05) is 19.2 Å². The SMILES string of the molecule is C(=Cc1nc([P+](c2ccccc2)(c2ccccc2)c2ccccc2)c(N2CCOCC2)o1)c1ccccc1. The van der Waals surface area contributed by atoms with Crippen LogP contribution in [0.15, 0.2) is 126 Å². The number of morpholine rings is 1. The normalized spacial score (nSPS) is 14.2. The Hall–Kier alpha value is -3.98. The summed E-state index contributed by atoms with van der Waals surface area (Å²) in [7, 11) is -2.41. The number of anilines is 1. The lowest BCUT2D eigenvalue weighted by Gasteiger charge is -2.30. The van der Waals surface area contributed by atoms with Gasteiger partial charge in [-0.2, -0.15) is 4.98 Å². The van der Waals surface area contributed by atoms with Gasteiger partial charge in [0.1, 0.15) is 15.9 Å². The molecular formula is C33H30N2O2P+. The maximum absolute atomic E-state index is 6.65. The van der Waals surface area contributed by atoms with E-state index in [1.807, 2.05) is 24.3 Å². The Morgan fingerprint density at radius 3 is 1.58 bits per heavy atom. The van der Waals surface area contributed by atoms with Crippen molar-refractivity contribution in [3.63, 3.8) is 0 Å². The highest BCUT2D eigenvalue weighted by atomic mass is 31.2. The molecule has 6 rings (SSSR count). The van der Waals surface area contributed by atoms with Crippen LogP contribution in [0.25, 0.3) is 12.2 Å². The van der Waals surface area contributed by atoms with Gasteiger partial charge in [0.2, 0.25) is 5.89 Å². The molecule has 188 valence electrons. The standard InChI is InChI=1S/C33H30N2O2P/c1-5-13-27(14-6-1)21-22-31-34-32(33(37-31)35-23-25-36-26-24-35)38(28-15-7-2-8-16-28,29-17-9-3-10-18-29)30-19-11-4-12-20-30/h1-22H,23-26H2/q+1. The number of ether oxygens (including phenoxy) is 1. The monoisotopic (exact) mass is 517 g/mol. The summed E-state index contributed by atoms with van der Waals surface area (Å²) in [5.41, 5.74) is 2.10. The average molecular weight is 518 g/mol. The van der Waals surface area contributed by atoms with E-state index < -0.39 is 7.26 Å². The second-order valence-corrected chi connectivity index (χ2v) is 12.5. The Kier molecular flexibility index (Phi) is 7.17. The maximum atomic E-state index is 6.65. The molecule has 0 N–H and O–H groups in total. The zero-order valence-corrected chi connectivity index (χ0v) is 22.1. The molecule has 1 aliphatic heterocycles. The molecule has 4 nitrogen and oxygen atoms in total. The Bertz CT molecular complexity index is 1380. The molecule has 5 aromatic rings. The van der Waals surface area contributed by atoms with Gasteiger partial charge >= 0.3 is 0 Å². The van der Waals surface area contributed by atoms with Crippen LogP contribution in [0.1, 0.15) is 11.5 Å². The largest absolute Gasteiger partial charge is 0.417 e. The molecule has 0 amide bonds. The van der Waals surface area contributed by atoms with E-state index in [-0.39, 0.29) is 0 Å². The lowest BCUT2D eigenvalue weighted by Crippen LogP contribution is -2.44. The van der Waals surface area contributed by atoms with Crippen LogP contribution in [0, 0.1) is 0 Å². The fourth-order valence-electron chi connectivity index (χ4n) is 5.08. The van der Waals surface area contributed by atoms with Crippen molar-refractivity contribution in [1.82, 2.24) is 4.98 Å². The van der Waals surface area contributed by atoms with Gasteiger partial charge in [0.25, 0.3) is 11.3 Å². The van der Waals surface area contributed by atoms with E-state index in [0.717, 1.165) is 30.0 Å². The number of nitrogens with zero attached hydrogens (tertiary/aromatic N) is 2. The zero-order valence-electron chi connectivity index (χ0n) is 21.2. The van der Waals surface area contributed by atoms with Crippen LogP contribution in [0.2, 0.25) is 0 Å². The van der Waals surface area contributed by atoms with Gasteiger partial charge in [-0.1, -0.05) is 84.9 Å². The summed E-state index contributed by atoms with van der Waals surface area (Å²) >= 11 is 0. The fourth-order valence-corrected chi connectivity index (χ4v) is 9.29. The summed E-state index contributed by atoms with van der Waals surface area (Å²) in [6.07, 6.45) is 4.05. The smallest absolute Gasteiger partial charge is 0.262 e. The first kappa shape index (κ1) is 24.4. The van der Waals surface area contributed by atoms with Crippen molar-refractivity contribution in [1.29, 1.82) is 0 Å². The topological polar surface area (TPSA) is 38.5 Å². The minimum Gasteiger partial charge on any atom is -0.417 e. The van der Waals surface area contributed by atoms with Crippen molar-refractivity contribution >= 4 is 46.6 Å². The highest BCUT2D eigenvalue weighted by molar-refractivity contribution is 8.01. The number of benzene rings is 4. The number of oxazole rings is 1. The summed E-state index contributed by atoms with van der Waals surface area (Å²) in [5, 5.41) is 3.75. The average Bonchev–Trinajstić information content (AvgIpc) is 3.44. The summed E-state index contributed by atoms with van der Waals surface area (Å²) in [6.45, 7) is 2.87. The van der Waals surface area contributed by atoms with E-state index in [4.69, 9.17) is 14.1 Å². The minimum absolute atomic E-state index is 0.609. The van der Waals surface area contributed by atoms with E-state index in [9.17, 15) is 0 Å². The highest BCUT2D eigenvalue weighted by Crippen LogP contribution is 2.56. The van der Waals surface area contributed by atoms with E-state index in [1.165, 1.54) is 15.9 Å². The number of aromatic nitrogens is 1. The first-order valence-electron chi connectivity index (χ1n) is 13.0. The molecule has 0 atom stereocenters. The Morgan fingerprint density at radius 2 is 1.08 bits per heavy atom. The molecule has 1 saturated heterocycles. The molecule has 0 bridgehead atoms. The molecular weight excluding hydrogens is 487 g/mol. The predicted octanol–water partition coefficient (Wildman–Crippen LogP) is 5.30. The Morgan fingerprint density at radius 1 is 0.605 bits per heavy atom. The molecule has 2 heterocycles. The third-order valence-electron chi connectivity index (χ3n) is 6.87. The van der Waals surface area contributed by atoms with Crippen molar-refractivity contribution in [3.8, 4) is 0 Å². The van der Waals surface area contributed by atoms with Crippen LogP contribution < -0.4 is 26.2 Å². The molecule has 38 heavy (non-hydrogen) atoms. The van der Waals surface area contributed by atoms with Gasteiger partial charge in [0.05, 0.1) is 13.2 Å². The molecule has 1 aliphatic rings. The second-order valence-electron chi connectivity index (χ2n) is 9.20. The van der Waals surface area contributed by atoms with Gasteiger partial charge in [-0.25, -0.2) is 0 Å².